The van der Waals surface area contributed by atoms with Crippen LogP contribution in [-0.4, -0.2) is 12.2 Å². The molecule has 0 heterocycles. The second kappa shape index (κ2) is 10.8. The molecule has 6 heteroatoms. The first-order valence-electron chi connectivity index (χ1n) is 12.6. The Morgan fingerprint density at radius 2 is 1.29 bits per heavy atom. The van der Waals surface area contributed by atoms with E-state index in [0.29, 0.717) is 50.0 Å². The zero-order valence-corrected chi connectivity index (χ0v) is 19.6. The largest absolute Gasteiger partial charge is 0.358 e. The van der Waals surface area contributed by atoms with Crippen LogP contribution in [0.2, 0.25) is 0 Å². The van der Waals surface area contributed by atoms with Crippen LogP contribution in [0.5, 0.6) is 0 Å². The van der Waals surface area contributed by atoms with E-state index in [-0.39, 0.29) is 5.92 Å². The summed E-state index contributed by atoms with van der Waals surface area (Å²) in [6.45, 7) is 2.15. The smallest absolute Gasteiger partial charge is 0.317 e. The van der Waals surface area contributed by atoms with Crippen molar-refractivity contribution in [3.63, 3.8) is 0 Å². The van der Waals surface area contributed by atoms with Gasteiger partial charge in [0.25, 0.3) is 0 Å². The van der Waals surface area contributed by atoms with Gasteiger partial charge in [-0.3, -0.25) is 0 Å². The first-order valence-corrected chi connectivity index (χ1v) is 12.6. The van der Waals surface area contributed by atoms with E-state index in [4.69, 9.17) is 4.74 Å². The summed E-state index contributed by atoms with van der Waals surface area (Å²) in [7, 11) is 0. The molecule has 2 fully saturated rings. The van der Waals surface area contributed by atoms with Gasteiger partial charge in [-0.25, -0.2) is 13.2 Å². The lowest BCUT2D eigenvalue weighted by molar-refractivity contribution is -0.300. The van der Waals surface area contributed by atoms with Gasteiger partial charge in [0, 0.05) is 0 Å². The van der Waals surface area contributed by atoms with Crippen molar-refractivity contribution in [2.24, 2.45) is 5.92 Å². The summed E-state index contributed by atoms with van der Waals surface area (Å²) in [5.74, 6) is -4.57. The van der Waals surface area contributed by atoms with Crippen LogP contribution >= 0.6 is 0 Å². The molecule has 0 aromatic heterocycles. The normalized spacial score (nSPS) is 25.9. The Balaban J connectivity index is 1.27. The molecule has 0 radical (unpaired) electrons. The highest BCUT2D eigenvalue weighted by Gasteiger charge is 2.45. The van der Waals surface area contributed by atoms with E-state index in [1.807, 2.05) is 0 Å². The Kier molecular flexibility index (Phi) is 7.96. The van der Waals surface area contributed by atoms with Gasteiger partial charge in [0.1, 0.15) is 0 Å². The molecule has 0 saturated heterocycles. The molecule has 34 heavy (non-hydrogen) atoms. The van der Waals surface area contributed by atoms with Crippen molar-refractivity contribution in [2.75, 3.05) is 0 Å². The van der Waals surface area contributed by atoms with Gasteiger partial charge in [-0.1, -0.05) is 37.6 Å². The van der Waals surface area contributed by atoms with Crippen LogP contribution in [-0.2, 0) is 11.2 Å². The van der Waals surface area contributed by atoms with E-state index in [1.54, 1.807) is 0 Å². The first-order chi connectivity index (χ1) is 16.3. The molecule has 2 aromatic rings. The van der Waals surface area contributed by atoms with Crippen molar-refractivity contribution in [1.82, 2.24) is 0 Å². The van der Waals surface area contributed by atoms with E-state index in [9.17, 15) is 22.0 Å². The Labute approximate surface area is 198 Å². The van der Waals surface area contributed by atoms with Crippen LogP contribution in [0, 0.1) is 23.4 Å². The van der Waals surface area contributed by atoms with Gasteiger partial charge in [-0.15, -0.1) is 0 Å². The zero-order valence-electron chi connectivity index (χ0n) is 19.6. The predicted molar refractivity (Wildman–Crippen MR) is 122 cm³/mol. The molecular weight excluding hydrogens is 447 g/mol. The highest BCUT2D eigenvalue weighted by molar-refractivity contribution is 5.26. The van der Waals surface area contributed by atoms with Crippen molar-refractivity contribution in [3.8, 4) is 0 Å². The lowest BCUT2D eigenvalue weighted by Crippen LogP contribution is -2.38. The van der Waals surface area contributed by atoms with Gasteiger partial charge in [-0.2, -0.15) is 8.78 Å². The Morgan fingerprint density at radius 3 is 1.85 bits per heavy atom. The SMILES string of the molecule is CCCc1ccc(C2CCC(C(F)(F)OC3CCC(c4cc(F)c(F)c(F)c4)CC3)CC2)cc1. The molecular formula is C28H33F5O. The molecule has 0 atom stereocenters. The lowest BCUT2D eigenvalue weighted by atomic mass is 9.78. The Hall–Kier alpha value is -1.95. The fraction of sp³-hybridized carbons (Fsp3) is 0.571. The summed E-state index contributed by atoms with van der Waals surface area (Å²) in [6.07, 6.45) is 2.44. The summed E-state index contributed by atoms with van der Waals surface area (Å²) >= 11 is 0. The maximum atomic E-state index is 15.0. The Bertz CT molecular complexity index is 919. The van der Waals surface area contributed by atoms with E-state index >= 15 is 0 Å². The maximum absolute atomic E-state index is 15.0. The maximum Gasteiger partial charge on any atom is 0.358 e. The van der Waals surface area contributed by atoms with Crippen molar-refractivity contribution in [2.45, 2.75) is 95.2 Å². The average molecular weight is 481 g/mol. The van der Waals surface area contributed by atoms with Crippen molar-refractivity contribution >= 4 is 0 Å². The topological polar surface area (TPSA) is 9.23 Å². The molecule has 0 aliphatic heterocycles. The van der Waals surface area contributed by atoms with Crippen molar-refractivity contribution < 1.29 is 26.7 Å². The third kappa shape index (κ3) is 5.81. The fourth-order valence-corrected chi connectivity index (χ4v) is 5.65. The van der Waals surface area contributed by atoms with Gasteiger partial charge in [0.2, 0.25) is 0 Å². The number of benzene rings is 2. The number of aryl methyl sites for hydroxylation is 1. The minimum absolute atomic E-state index is 0.183. The minimum atomic E-state index is -3.18. The summed E-state index contributed by atoms with van der Waals surface area (Å²) in [5.41, 5.74) is 2.92. The summed E-state index contributed by atoms with van der Waals surface area (Å²) in [4.78, 5) is 0. The molecule has 2 saturated carbocycles. The molecule has 0 spiro atoms. The Morgan fingerprint density at radius 1 is 0.765 bits per heavy atom. The number of alkyl halides is 2. The predicted octanol–water partition coefficient (Wildman–Crippen LogP) is 8.67. The molecule has 0 amide bonds. The second-order valence-electron chi connectivity index (χ2n) is 9.99. The number of ether oxygens (including phenoxy) is 1. The van der Waals surface area contributed by atoms with Crippen molar-refractivity contribution in [1.29, 1.82) is 0 Å². The number of halogens is 5. The molecule has 4 rings (SSSR count). The molecule has 2 aliphatic rings. The fourth-order valence-electron chi connectivity index (χ4n) is 5.65. The minimum Gasteiger partial charge on any atom is -0.317 e. The first kappa shape index (κ1) is 25.2. The molecule has 0 unspecified atom stereocenters. The van der Waals surface area contributed by atoms with Gasteiger partial charge in [0.05, 0.1) is 12.0 Å². The zero-order chi connectivity index (χ0) is 24.3. The van der Waals surface area contributed by atoms with Crippen LogP contribution in [0.25, 0.3) is 0 Å². The highest BCUT2D eigenvalue weighted by atomic mass is 19.3. The number of hydrogen-bond acceptors (Lipinski definition) is 1. The van der Waals surface area contributed by atoms with E-state index < -0.39 is 35.6 Å². The van der Waals surface area contributed by atoms with Crippen LogP contribution in [0.3, 0.4) is 0 Å². The van der Waals surface area contributed by atoms with Gasteiger partial charge >= 0.3 is 6.11 Å². The van der Waals surface area contributed by atoms with Crippen LogP contribution in [0.1, 0.15) is 93.2 Å². The summed E-state index contributed by atoms with van der Waals surface area (Å²) in [6, 6.07) is 10.6. The van der Waals surface area contributed by atoms with Gasteiger partial charge < -0.3 is 4.74 Å². The summed E-state index contributed by atoms with van der Waals surface area (Å²) in [5, 5.41) is 0. The van der Waals surface area contributed by atoms with Gasteiger partial charge in [-0.05, 0) is 98.4 Å². The van der Waals surface area contributed by atoms with E-state index in [1.165, 1.54) is 11.1 Å². The van der Waals surface area contributed by atoms with Crippen molar-refractivity contribution in [3.05, 3.63) is 70.5 Å². The monoisotopic (exact) mass is 480 g/mol. The molecule has 2 aliphatic carbocycles. The molecule has 2 aromatic carbocycles. The van der Waals surface area contributed by atoms with Crippen LogP contribution < -0.4 is 0 Å². The van der Waals surface area contributed by atoms with Crippen LogP contribution in [0.15, 0.2) is 36.4 Å². The number of hydrogen-bond donors (Lipinski definition) is 0. The van der Waals surface area contributed by atoms with E-state index in [0.717, 1.165) is 37.8 Å². The molecule has 1 nitrogen and oxygen atoms in total. The summed E-state index contributed by atoms with van der Waals surface area (Å²) < 4.78 is 75.6. The lowest BCUT2D eigenvalue weighted by Gasteiger charge is -2.37. The van der Waals surface area contributed by atoms with Crippen LogP contribution in [0.4, 0.5) is 22.0 Å². The molecule has 186 valence electrons. The number of rotatable bonds is 7. The van der Waals surface area contributed by atoms with E-state index in [2.05, 4.69) is 31.2 Å². The quantitative estimate of drug-likeness (QED) is 0.285. The third-order valence-electron chi connectivity index (χ3n) is 7.67. The average Bonchev–Trinajstić information content (AvgIpc) is 2.83. The third-order valence-corrected chi connectivity index (χ3v) is 7.67. The standard InChI is InChI=1S/C28H33F5O/c1-2-3-18-4-6-19(7-5-18)20-8-12-23(13-9-20)28(32,33)34-24-14-10-21(11-15-24)22-16-25(29)27(31)26(30)17-22/h4-7,16-17,20-21,23-24H,2-3,8-15H2,1H3. The molecule has 0 bridgehead atoms. The van der Waals surface area contributed by atoms with Gasteiger partial charge in [0.15, 0.2) is 17.5 Å². The molecule has 0 N–H and O–H groups in total. The second-order valence-corrected chi connectivity index (χ2v) is 9.99. The highest BCUT2D eigenvalue weighted by Crippen LogP contribution is 2.45.